The number of nitrogens with zero attached hydrogens (tertiary/aromatic N) is 3. The summed E-state index contributed by atoms with van der Waals surface area (Å²) in [6.45, 7) is 1.25. The summed E-state index contributed by atoms with van der Waals surface area (Å²) in [6, 6.07) is 11.8. The Morgan fingerprint density at radius 1 is 1.28 bits per heavy atom. The van der Waals surface area contributed by atoms with E-state index in [-0.39, 0.29) is 36.3 Å². The molecule has 4 rings (SSSR count). The summed E-state index contributed by atoms with van der Waals surface area (Å²) in [5.74, 6) is -0.00517. The molecule has 2 aromatic heterocycles. The lowest BCUT2D eigenvalue weighted by molar-refractivity contribution is -0.135. The molecule has 29 heavy (non-hydrogen) atoms. The predicted molar refractivity (Wildman–Crippen MR) is 112 cm³/mol. The van der Waals surface area contributed by atoms with Crippen LogP contribution in [0, 0.1) is 5.92 Å². The Morgan fingerprint density at radius 2 is 2.07 bits per heavy atom. The van der Waals surface area contributed by atoms with Crippen LogP contribution in [0.15, 0.2) is 46.6 Å². The molecule has 0 saturated carbocycles. The highest BCUT2D eigenvalue weighted by molar-refractivity contribution is 7.17. The van der Waals surface area contributed by atoms with E-state index in [9.17, 15) is 14.4 Å². The minimum Gasteiger partial charge on any atom is -0.342 e. The van der Waals surface area contributed by atoms with Gasteiger partial charge in [0.25, 0.3) is 5.56 Å². The number of H-pyrrole nitrogens is 1. The number of aromatic amines is 1. The van der Waals surface area contributed by atoms with Crippen LogP contribution in [0.1, 0.15) is 17.8 Å². The van der Waals surface area contributed by atoms with Gasteiger partial charge in [-0.3, -0.25) is 14.4 Å². The van der Waals surface area contributed by atoms with Gasteiger partial charge < -0.3 is 14.8 Å². The number of thiophene rings is 1. The first-order chi connectivity index (χ1) is 14.0. The standard InChI is InChI=1S/C21H22N4O3S/c1-24(13-17-22-16-8-10-29-19(16)20(27)23-17)21(28)15-11-18(26)25(12-15)9-7-14-5-3-2-4-6-14/h2-6,8,10,15H,7,9,11-13H2,1H3,(H,22,23,27). The molecule has 8 heteroatoms. The SMILES string of the molecule is CN(Cc1nc2ccsc2c(=O)[nH]1)C(=O)C1CC(=O)N(CCc2ccccc2)C1. The molecule has 1 aliphatic rings. The average Bonchev–Trinajstić information content (AvgIpc) is 3.33. The minimum atomic E-state index is -0.361. The third kappa shape index (κ3) is 4.22. The molecule has 1 N–H and O–H groups in total. The second kappa shape index (κ2) is 8.16. The van der Waals surface area contributed by atoms with Gasteiger partial charge in [-0.1, -0.05) is 30.3 Å². The second-order valence-electron chi connectivity index (χ2n) is 7.32. The number of rotatable bonds is 6. The molecule has 3 heterocycles. The van der Waals surface area contributed by atoms with Crippen molar-refractivity contribution in [3.05, 3.63) is 63.5 Å². The maximum atomic E-state index is 12.8. The summed E-state index contributed by atoms with van der Waals surface area (Å²) in [7, 11) is 1.68. The number of carbonyl (C=O) groups is 2. The maximum Gasteiger partial charge on any atom is 0.268 e. The number of hydrogen-bond acceptors (Lipinski definition) is 5. The van der Waals surface area contributed by atoms with E-state index in [1.807, 2.05) is 35.7 Å². The van der Waals surface area contributed by atoms with E-state index in [1.54, 1.807) is 18.0 Å². The van der Waals surface area contributed by atoms with Crippen molar-refractivity contribution in [3.63, 3.8) is 0 Å². The van der Waals surface area contributed by atoms with Crippen molar-refractivity contribution >= 4 is 33.4 Å². The topological polar surface area (TPSA) is 86.4 Å². The smallest absolute Gasteiger partial charge is 0.268 e. The van der Waals surface area contributed by atoms with Crippen molar-refractivity contribution in [3.8, 4) is 0 Å². The van der Waals surface area contributed by atoms with Crippen molar-refractivity contribution < 1.29 is 9.59 Å². The summed E-state index contributed by atoms with van der Waals surface area (Å²) >= 11 is 1.34. The van der Waals surface area contributed by atoms with Crippen LogP contribution in [-0.2, 0) is 22.6 Å². The largest absolute Gasteiger partial charge is 0.342 e. The third-order valence-corrected chi connectivity index (χ3v) is 6.11. The monoisotopic (exact) mass is 410 g/mol. The second-order valence-corrected chi connectivity index (χ2v) is 8.23. The summed E-state index contributed by atoms with van der Waals surface area (Å²) in [5.41, 5.74) is 1.62. The van der Waals surface area contributed by atoms with Crippen LogP contribution in [0.5, 0.6) is 0 Å². The quantitative estimate of drug-likeness (QED) is 0.674. The zero-order valence-corrected chi connectivity index (χ0v) is 16.9. The zero-order chi connectivity index (χ0) is 20.4. The molecule has 0 radical (unpaired) electrons. The summed E-state index contributed by atoms with van der Waals surface area (Å²) in [6.07, 6.45) is 1.00. The van der Waals surface area contributed by atoms with Gasteiger partial charge in [0.2, 0.25) is 11.8 Å². The van der Waals surface area contributed by atoms with Crippen molar-refractivity contribution in [2.24, 2.45) is 5.92 Å². The van der Waals surface area contributed by atoms with E-state index >= 15 is 0 Å². The first kappa shape index (κ1) is 19.3. The average molecular weight is 410 g/mol. The van der Waals surface area contributed by atoms with E-state index in [4.69, 9.17) is 0 Å². The fraction of sp³-hybridized carbons (Fsp3) is 0.333. The van der Waals surface area contributed by atoms with E-state index < -0.39 is 0 Å². The first-order valence-electron chi connectivity index (χ1n) is 9.54. The van der Waals surface area contributed by atoms with Crippen LogP contribution in [0.4, 0.5) is 0 Å². The van der Waals surface area contributed by atoms with E-state index in [0.29, 0.717) is 29.1 Å². The van der Waals surface area contributed by atoms with E-state index in [2.05, 4.69) is 9.97 Å². The molecule has 150 valence electrons. The van der Waals surface area contributed by atoms with Crippen LogP contribution in [-0.4, -0.2) is 51.7 Å². The minimum absolute atomic E-state index is 0.0129. The Labute approximate surface area is 172 Å². The molecule has 1 aromatic carbocycles. The number of benzene rings is 1. The van der Waals surface area contributed by atoms with Crippen LogP contribution in [0.3, 0.4) is 0 Å². The number of likely N-dealkylation sites (tertiary alicyclic amines) is 1. The summed E-state index contributed by atoms with van der Waals surface area (Å²) < 4.78 is 0.582. The third-order valence-electron chi connectivity index (χ3n) is 5.20. The van der Waals surface area contributed by atoms with Crippen molar-refractivity contribution in [1.29, 1.82) is 0 Å². The van der Waals surface area contributed by atoms with Gasteiger partial charge in [0.1, 0.15) is 10.5 Å². The molecule has 0 spiro atoms. The molecule has 1 saturated heterocycles. The highest BCUT2D eigenvalue weighted by atomic mass is 32.1. The molecule has 1 unspecified atom stereocenters. The molecule has 1 atom stereocenters. The predicted octanol–water partition coefficient (Wildman–Crippen LogP) is 2.03. The first-order valence-corrected chi connectivity index (χ1v) is 10.4. The molecule has 7 nitrogen and oxygen atoms in total. The Hall–Kier alpha value is -3.00. The number of hydrogen-bond donors (Lipinski definition) is 1. The van der Waals surface area contributed by atoms with Gasteiger partial charge in [-0.05, 0) is 23.4 Å². The number of carbonyl (C=O) groups excluding carboxylic acids is 2. The fourth-order valence-electron chi connectivity index (χ4n) is 3.67. The lowest BCUT2D eigenvalue weighted by Crippen LogP contribution is -2.35. The van der Waals surface area contributed by atoms with Crippen molar-refractivity contribution in [2.45, 2.75) is 19.4 Å². The van der Waals surface area contributed by atoms with Crippen LogP contribution in [0.2, 0.25) is 0 Å². The molecule has 0 aliphatic carbocycles. The molecule has 2 amide bonds. The van der Waals surface area contributed by atoms with Crippen LogP contribution < -0.4 is 5.56 Å². The fourth-order valence-corrected chi connectivity index (χ4v) is 4.40. The highest BCUT2D eigenvalue weighted by Gasteiger charge is 2.35. The van der Waals surface area contributed by atoms with Crippen LogP contribution >= 0.6 is 11.3 Å². The molecule has 1 aliphatic heterocycles. The van der Waals surface area contributed by atoms with Gasteiger partial charge >= 0.3 is 0 Å². The van der Waals surface area contributed by atoms with Gasteiger partial charge in [0.15, 0.2) is 0 Å². The molecule has 1 fully saturated rings. The Kier molecular flexibility index (Phi) is 5.44. The van der Waals surface area contributed by atoms with Gasteiger partial charge in [-0.25, -0.2) is 4.98 Å². The van der Waals surface area contributed by atoms with Crippen LogP contribution in [0.25, 0.3) is 10.2 Å². The molecule has 0 bridgehead atoms. The lowest BCUT2D eigenvalue weighted by atomic mass is 10.1. The Morgan fingerprint density at radius 3 is 2.86 bits per heavy atom. The van der Waals surface area contributed by atoms with E-state index in [1.165, 1.54) is 21.8 Å². The Balaban J connectivity index is 1.37. The highest BCUT2D eigenvalue weighted by Crippen LogP contribution is 2.21. The summed E-state index contributed by atoms with van der Waals surface area (Å²) in [4.78, 5) is 47.8. The van der Waals surface area contributed by atoms with Gasteiger partial charge in [-0.15, -0.1) is 11.3 Å². The van der Waals surface area contributed by atoms with Crippen molar-refractivity contribution in [1.82, 2.24) is 19.8 Å². The van der Waals surface area contributed by atoms with Gasteiger partial charge in [0.05, 0.1) is 18.0 Å². The molecular weight excluding hydrogens is 388 g/mol. The maximum absolute atomic E-state index is 12.8. The van der Waals surface area contributed by atoms with E-state index in [0.717, 1.165) is 6.42 Å². The van der Waals surface area contributed by atoms with Gasteiger partial charge in [-0.2, -0.15) is 0 Å². The zero-order valence-electron chi connectivity index (χ0n) is 16.1. The summed E-state index contributed by atoms with van der Waals surface area (Å²) in [5, 5.41) is 1.82. The number of aromatic nitrogens is 2. The molecule has 3 aromatic rings. The molecular formula is C21H22N4O3S. The number of amides is 2. The normalized spacial score (nSPS) is 16.5. The van der Waals surface area contributed by atoms with Crippen molar-refractivity contribution in [2.75, 3.05) is 20.1 Å². The number of fused-ring (bicyclic) bond motifs is 1. The van der Waals surface area contributed by atoms with Gasteiger partial charge in [0, 0.05) is 26.6 Å². The lowest BCUT2D eigenvalue weighted by Gasteiger charge is -2.21. The Bertz CT molecular complexity index is 1090. The number of nitrogens with one attached hydrogen (secondary N) is 1.